The monoisotopic (exact) mass is 260 g/mol. The molecule has 0 radical (unpaired) electrons. The first-order valence-corrected chi connectivity index (χ1v) is 6.02. The van der Waals surface area contributed by atoms with Crippen molar-refractivity contribution in [3.05, 3.63) is 35.7 Å². The molecule has 2 heterocycles. The first-order valence-electron chi connectivity index (χ1n) is 6.02. The molecule has 0 fully saturated rings. The lowest BCUT2D eigenvalue weighted by Crippen LogP contribution is -2.18. The largest absolute Gasteiger partial charge is 0.367 e. The molecule has 0 aliphatic heterocycles. The molecular weight excluding hydrogens is 244 g/mol. The Kier molecular flexibility index (Phi) is 3.79. The van der Waals surface area contributed by atoms with Crippen molar-refractivity contribution in [3.63, 3.8) is 0 Å². The molecule has 2 aromatic rings. The number of aromatic nitrogens is 2. The first-order chi connectivity index (χ1) is 9.06. The summed E-state index contributed by atoms with van der Waals surface area (Å²) in [7, 11) is 0. The molecule has 6 heteroatoms. The summed E-state index contributed by atoms with van der Waals surface area (Å²) < 4.78 is 4.90. The summed E-state index contributed by atoms with van der Waals surface area (Å²) in [6.45, 7) is 5.73. The van der Waals surface area contributed by atoms with E-state index in [9.17, 15) is 4.79 Å². The normalized spacial score (nSPS) is 10.5. The fraction of sp³-hybridized carbons (Fsp3) is 0.308. The lowest BCUT2D eigenvalue weighted by atomic mass is 10.2. The Bertz CT molecular complexity index is 578. The second-order valence-electron chi connectivity index (χ2n) is 4.48. The maximum Gasteiger partial charge on any atom is 0.260 e. The highest BCUT2D eigenvalue weighted by Gasteiger charge is 2.14. The number of hydrogen-bond acceptors (Lipinski definition) is 5. The molecule has 0 saturated heterocycles. The van der Waals surface area contributed by atoms with E-state index in [1.165, 1.54) is 0 Å². The summed E-state index contributed by atoms with van der Waals surface area (Å²) in [5.74, 6) is 1.31. The van der Waals surface area contributed by atoms with E-state index in [2.05, 4.69) is 20.8 Å². The van der Waals surface area contributed by atoms with E-state index in [1.807, 2.05) is 13.8 Å². The van der Waals surface area contributed by atoms with Crippen LogP contribution in [-0.4, -0.2) is 22.1 Å². The van der Waals surface area contributed by atoms with Crippen molar-refractivity contribution in [2.75, 3.05) is 10.6 Å². The maximum atomic E-state index is 12.2. The van der Waals surface area contributed by atoms with Crippen LogP contribution >= 0.6 is 0 Å². The summed E-state index contributed by atoms with van der Waals surface area (Å²) in [5, 5.41) is 9.52. The van der Waals surface area contributed by atoms with Crippen LogP contribution in [0.3, 0.4) is 0 Å². The molecule has 19 heavy (non-hydrogen) atoms. The SMILES string of the molecule is Cc1cc(NC(=O)c2cccnc2NC(C)C)no1. The van der Waals surface area contributed by atoms with Crippen LogP contribution in [0.15, 0.2) is 28.9 Å². The minimum atomic E-state index is -0.274. The van der Waals surface area contributed by atoms with Gasteiger partial charge in [-0.2, -0.15) is 0 Å². The molecule has 2 N–H and O–H groups in total. The summed E-state index contributed by atoms with van der Waals surface area (Å²) in [4.78, 5) is 16.3. The van der Waals surface area contributed by atoms with Crippen molar-refractivity contribution in [1.82, 2.24) is 10.1 Å². The number of hydrogen-bond donors (Lipinski definition) is 2. The lowest BCUT2D eigenvalue weighted by Gasteiger charge is -2.12. The molecule has 0 aromatic carbocycles. The molecule has 2 rings (SSSR count). The summed E-state index contributed by atoms with van der Waals surface area (Å²) in [5.41, 5.74) is 0.469. The molecule has 0 spiro atoms. The Hall–Kier alpha value is -2.37. The third-order valence-electron chi connectivity index (χ3n) is 2.35. The molecule has 0 atom stereocenters. The number of pyridine rings is 1. The van der Waals surface area contributed by atoms with Gasteiger partial charge in [-0.1, -0.05) is 5.16 Å². The van der Waals surface area contributed by atoms with E-state index in [0.29, 0.717) is 23.0 Å². The Morgan fingerprint density at radius 2 is 2.21 bits per heavy atom. The van der Waals surface area contributed by atoms with Crippen LogP contribution in [0.4, 0.5) is 11.6 Å². The van der Waals surface area contributed by atoms with Gasteiger partial charge in [-0.25, -0.2) is 4.98 Å². The standard InChI is InChI=1S/C13H16N4O2/c1-8(2)15-12-10(5-4-6-14-12)13(18)16-11-7-9(3)19-17-11/h4-8H,1-3H3,(H,14,15)(H,16,17,18). The predicted molar refractivity (Wildman–Crippen MR) is 72.2 cm³/mol. The average Bonchev–Trinajstić information content (AvgIpc) is 2.74. The van der Waals surface area contributed by atoms with Crippen LogP contribution in [0.5, 0.6) is 0 Å². The van der Waals surface area contributed by atoms with Gasteiger partial charge in [0.05, 0.1) is 5.56 Å². The van der Waals surface area contributed by atoms with E-state index in [-0.39, 0.29) is 11.9 Å². The molecule has 0 aliphatic rings. The molecule has 6 nitrogen and oxygen atoms in total. The number of aryl methyl sites for hydroxylation is 1. The number of anilines is 2. The zero-order valence-electron chi connectivity index (χ0n) is 11.1. The quantitative estimate of drug-likeness (QED) is 0.882. The molecule has 0 saturated carbocycles. The highest BCUT2D eigenvalue weighted by Crippen LogP contribution is 2.15. The summed E-state index contributed by atoms with van der Waals surface area (Å²) in [6, 6.07) is 5.27. The Morgan fingerprint density at radius 1 is 1.42 bits per heavy atom. The third kappa shape index (κ3) is 3.31. The average molecular weight is 260 g/mol. The molecule has 0 bridgehead atoms. The van der Waals surface area contributed by atoms with Gasteiger partial charge in [0.2, 0.25) is 0 Å². The van der Waals surface area contributed by atoms with E-state index in [1.54, 1.807) is 31.3 Å². The van der Waals surface area contributed by atoms with Crippen LogP contribution in [0.1, 0.15) is 30.0 Å². The van der Waals surface area contributed by atoms with Crippen LogP contribution in [0, 0.1) is 6.92 Å². The van der Waals surface area contributed by atoms with Crippen molar-refractivity contribution < 1.29 is 9.32 Å². The third-order valence-corrected chi connectivity index (χ3v) is 2.35. The van der Waals surface area contributed by atoms with Crippen LogP contribution in [-0.2, 0) is 0 Å². The van der Waals surface area contributed by atoms with Gasteiger partial charge in [0.15, 0.2) is 5.82 Å². The predicted octanol–water partition coefficient (Wildman–Crippen LogP) is 2.45. The van der Waals surface area contributed by atoms with Crippen molar-refractivity contribution in [2.24, 2.45) is 0 Å². The number of rotatable bonds is 4. The maximum absolute atomic E-state index is 12.2. The highest BCUT2D eigenvalue weighted by atomic mass is 16.5. The lowest BCUT2D eigenvalue weighted by molar-refractivity contribution is 0.102. The minimum absolute atomic E-state index is 0.191. The van der Waals surface area contributed by atoms with Crippen LogP contribution < -0.4 is 10.6 Å². The van der Waals surface area contributed by atoms with Crippen LogP contribution in [0.25, 0.3) is 0 Å². The van der Waals surface area contributed by atoms with Gasteiger partial charge in [-0.3, -0.25) is 4.79 Å². The summed E-state index contributed by atoms with van der Waals surface area (Å²) in [6.07, 6.45) is 1.64. The van der Waals surface area contributed by atoms with Gasteiger partial charge >= 0.3 is 0 Å². The molecule has 0 aliphatic carbocycles. The van der Waals surface area contributed by atoms with Crippen molar-refractivity contribution >= 4 is 17.5 Å². The second-order valence-corrected chi connectivity index (χ2v) is 4.48. The zero-order valence-corrected chi connectivity index (χ0v) is 11.1. The minimum Gasteiger partial charge on any atom is -0.367 e. The molecule has 0 unspecified atom stereocenters. The number of nitrogens with one attached hydrogen (secondary N) is 2. The fourth-order valence-corrected chi connectivity index (χ4v) is 1.59. The van der Waals surface area contributed by atoms with Gasteiger partial charge in [-0.05, 0) is 32.9 Å². The van der Waals surface area contributed by atoms with E-state index in [0.717, 1.165) is 0 Å². The van der Waals surface area contributed by atoms with Crippen molar-refractivity contribution in [1.29, 1.82) is 0 Å². The number of nitrogens with zero attached hydrogens (tertiary/aromatic N) is 2. The van der Waals surface area contributed by atoms with Crippen molar-refractivity contribution in [3.8, 4) is 0 Å². The van der Waals surface area contributed by atoms with Crippen LogP contribution in [0.2, 0.25) is 0 Å². The molecule has 100 valence electrons. The Morgan fingerprint density at radius 3 is 2.84 bits per heavy atom. The van der Waals surface area contributed by atoms with Gasteiger partial charge in [0, 0.05) is 18.3 Å². The Labute approximate surface area is 111 Å². The topological polar surface area (TPSA) is 80.0 Å². The van der Waals surface area contributed by atoms with Gasteiger partial charge in [0.1, 0.15) is 11.6 Å². The van der Waals surface area contributed by atoms with Gasteiger partial charge in [0.25, 0.3) is 5.91 Å². The molecule has 2 aromatic heterocycles. The Balaban J connectivity index is 2.18. The van der Waals surface area contributed by atoms with E-state index in [4.69, 9.17) is 4.52 Å². The van der Waals surface area contributed by atoms with Crippen molar-refractivity contribution in [2.45, 2.75) is 26.8 Å². The summed E-state index contributed by atoms with van der Waals surface area (Å²) >= 11 is 0. The fourth-order valence-electron chi connectivity index (χ4n) is 1.59. The van der Waals surface area contributed by atoms with E-state index >= 15 is 0 Å². The number of carbonyl (C=O) groups is 1. The zero-order chi connectivity index (χ0) is 13.8. The van der Waals surface area contributed by atoms with Gasteiger partial charge in [-0.15, -0.1) is 0 Å². The number of amides is 1. The molecular formula is C13H16N4O2. The van der Waals surface area contributed by atoms with E-state index < -0.39 is 0 Å². The smallest absolute Gasteiger partial charge is 0.260 e. The molecule has 1 amide bonds. The van der Waals surface area contributed by atoms with Gasteiger partial charge < -0.3 is 15.2 Å². The first kappa shape index (κ1) is 13.1. The highest BCUT2D eigenvalue weighted by molar-refractivity contribution is 6.07. The number of carbonyl (C=O) groups excluding carboxylic acids is 1. The second kappa shape index (κ2) is 5.51.